The van der Waals surface area contributed by atoms with Crippen LogP contribution in [0, 0.1) is 10.1 Å². The van der Waals surface area contributed by atoms with Gasteiger partial charge in [0, 0.05) is 0 Å². The molecule has 0 saturated carbocycles. The molecule has 96 valence electrons. The van der Waals surface area contributed by atoms with Gasteiger partial charge >= 0.3 is 11.7 Å². The summed E-state index contributed by atoms with van der Waals surface area (Å²) < 4.78 is 5.24. The SMILES string of the molecule is C=CCCCOc1cccc(C(=O)O)c1[N+](=O)[O-]. The second-order valence-electron chi connectivity index (χ2n) is 3.49. The zero-order valence-electron chi connectivity index (χ0n) is 9.67. The molecule has 0 unspecified atom stereocenters. The van der Waals surface area contributed by atoms with Crippen LogP contribution in [0.4, 0.5) is 5.69 Å². The first kappa shape index (κ1) is 13.7. The molecule has 0 bridgehead atoms. The van der Waals surface area contributed by atoms with Crippen LogP contribution in [-0.2, 0) is 0 Å². The number of hydrogen-bond donors (Lipinski definition) is 1. The van der Waals surface area contributed by atoms with E-state index in [0.717, 1.165) is 6.42 Å². The molecule has 18 heavy (non-hydrogen) atoms. The summed E-state index contributed by atoms with van der Waals surface area (Å²) >= 11 is 0. The molecule has 1 aromatic carbocycles. The molecule has 0 aromatic heterocycles. The van der Waals surface area contributed by atoms with E-state index in [9.17, 15) is 14.9 Å². The highest BCUT2D eigenvalue weighted by Crippen LogP contribution is 2.30. The smallest absolute Gasteiger partial charge is 0.342 e. The monoisotopic (exact) mass is 251 g/mol. The first-order chi connectivity index (χ1) is 8.57. The van der Waals surface area contributed by atoms with Crippen LogP contribution in [0.5, 0.6) is 5.75 Å². The van der Waals surface area contributed by atoms with E-state index in [4.69, 9.17) is 9.84 Å². The lowest BCUT2D eigenvalue weighted by Gasteiger charge is -2.07. The number of nitrogens with zero attached hydrogens (tertiary/aromatic N) is 1. The lowest BCUT2D eigenvalue weighted by Crippen LogP contribution is -2.06. The van der Waals surface area contributed by atoms with Gasteiger partial charge in [-0.3, -0.25) is 10.1 Å². The second kappa shape index (κ2) is 6.39. The number of ether oxygens (including phenoxy) is 1. The molecule has 1 aromatic rings. The number of para-hydroxylation sites is 1. The average Bonchev–Trinajstić information content (AvgIpc) is 2.33. The fourth-order valence-electron chi connectivity index (χ4n) is 1.41. The Bertz CT molecular complexity index is 470. The number of carboxylic acid groups (broad SMARTS) is 1. The number of allylic oxidation sites excluding steroid dienone is 1. The van der Waals surface area contributed by atoms with E-state index in [1.165, 1.54) is 18.2 Å². The number of carbonyl (C=O) groups is 1. The standard InChI is InChI=1S/C12H13NO5/c1-2-3-4-8-18-10-7-5-6-9(12(14)15)11(10)13(16)17/h2,5-7H,1,3-4,8H2,(H,14,15). The van der Waals surface area contributed by atoms with Crippen LogP contribution in [0.2, 0.25) is 0 Å². The Hall–Kier alpha value is -2.37. The lowest BCUT2D eigenvalue weighted by molar-refractivity contribution is -0.386. The van der Waals surface area contributed by atoms with E-state index in [1.807, 2.05) is 0 Å². The Morgan fingerprint density at radius 2 is 2.28 bits per heavy atom. The summed E-state index contributed by atoms with van der Waals surface area (Å²) in [5, 5.41) is 19.8. The fourth-order valence-corrected chi connectivity index (χ4v) is 1.41. The molecule has 0 aliphatic rings. The van der Waals surface area contributed by atoms with Crippen molar-refractivity contribution in [3.63, 3.8) is 0 Å². The van der Waals surface area contributed by atoms with Gasteiger partial charge in [0.25, 0.3) is 0 Å². The van der Waals surface area contributed by atoms with E-state index in [-0.39, 0.29) is 17.9 Å². The maximum atomic E-state index is 10.9. The summed E-state index contributed by atoms with van der Waals surface area (Å²) in [6, 6.07) is 3.98. The van der Waals surface area contributed by atoms with Crippen LogP contribution < -0.4 is 4.74 Å². The van der Waals surface area contributed by atoms with Gasteiger partial charge in [0.15, 0.2) is 5.75 Å². The van der Waals surface area contributed by atoms with Gasteiger partial charge in [-0.2, -0.15) is 0 Å². The highest BCUT2D eigenvalue weighted by Gasteiger charge is 2.25. The molecule has 0 aliphatic carbocycles. The summed E-state index contributed by atoms with van der Waals surface area (Å²) in [5.74, 6) is -1.37. The van der Waals surface area contributed by atoms with Crippen molar-refractivity contribution >= 4 is 11.7 Å². The minimum atomic E-state index is -1.35. The van der Waals surface area contributed by atoms with Gasteiger partial charge in [0.05, 0.1) is 11.5 Å². The van der Waals surface area contributed by atoms with Gasteiger partial charge in [0.2, 0.25) is 0 Å². The Balaban J connectivity index is 2.96. The topological polar surface area (TPSA) is 89.7 Å². The van der Waals surface area contributed by atoms with E-state index < -0.39 is 16.6 Å². The van der Waals surface area contributed by atoms with Crippen molar-refractivity contribution in [2.75, 3.05) is 6.61 Å². The number of benzene rings is 1. The normalized spacial score (nSPS) is 9.78. The first-order valence-electron chi connectivity index (χ1n) is 5.32. The fraction of sp³-hybridized carbons (Fsp3) is 0.250. The summed E-state index contributed by atoms with van der Waals surface area (Å²) in [6.07, 6.45) is 3.11. The second-order valence-corrected chi connectivity index (χ2v) is 3.49. The zero-order chi connectivity index (χ0) is 13.5. The minimum absolute atomic E-state index is 0.0241. The van der Waals surface area contributed by atoms with E-state index in [2.05, 4.69) is 6.58 Å². The summed E-state index contributed by atoms with van der Waals surface area (Å²) in [4.78, 5) is 21.0. The highest BCUT2D eigenvalue weighted by atomic mass is 16.6. The van der Waals surface area contributed by atoms with Gasteiger partial charge in [-0.25, -0.2) is 4.79 Å². The van der Waals surface area contributed by atoms with Crippen LogP contribution >= 0.6 is 0 Å². The van der Waals surface area contributed by atoms with Crippen molar-refractivity contribution in [3.8, 4) is 5.75 Å². The van der Waals surface area contributed by atoms with Crippen molar-refractivity contribution < 1.29 is 19.6 Å². The zero-order valence-corrected chi connectivity index (χ0v) is 9.67. The van der Waals surface area contributed by atoms with Crippen molar-refractivity contribution in [2.45, 2.75) is 12.8 Å². The lowest BCUT2D eigenvalue weighted by atomic mass is 10.1. The number of carboxylic acids is 1. The summed E-state index contributed by atoms with van der Waals surface area (Å²) in [6.45, 7) is 3.82. The number of nitro benzene ring substituents is 1. The van der Waals surface area contributed by atoms with Crippen molar-refractivity contribution in [3.05, 3.63) is 46.5 Å². The number of hydrogen-bond acceptors (Lipinski definition) is 4. The number of unbranched alkanes of at least 4 members (excludes halogenated alkanes) is 1. The number of nitro groups is 1. The Kier molecular flexibility index (Phi) is 4.86. The first-order valence-corrected chi connectivity index (χ1v) is 5.32. The number of rotatable bonds is 7. The Labute approximate surface area is 104 Å². The quantitative estimate of drug-likeness (QED) is 0.348. The van der Waals surface area contributed by atoms with E-state index in [1.54, 1.807) is 6.08 Å². The third-order valence-corrected chi connectivity index (χ3v) is 2.22. The molecule has 1 N–H and O–H groups in total. The molecule has 0 amide bonds. The number of aromatic carboxylic acids is 1. The average molecular weight is 251 g/mol. The summed E-state index contributed by atoms with van der Waals surface area (Å²) in [7, 11) is 0. The Morgan fingerprint density at radius 3 is 2.83 bits per heavy atom. The molecule has 0 saturated heterocycles. The van der Waals surface area contributed by atoms with Gasteiger partial charge in [-0.1, -0.05) is 12.1 Å². The van der Waals surface area contributed by atoms with E-state index >= 15 is 0 Å². The predicted molar refractivity (Wildman–Crippen MR) is 65.0 cm³/mol. The molecule has 0 atom stereocenters. The molecule has 0 radical (unpaired) electrons. The van der Waals surface area contributed by atoms with Crippen LogP contribution in [-0.4, -0.2) is 22.6 Å². The van der Waals surface area contributed by atoms with E-state index in [0.29, 0.717) is 6.42 Å². The minimum Gasteiger partial charge on any atom is -0.487 e. The van der Waals surface area contributed by atoms with Crippen LogP contribution in [0.3, 0.4) is 0 Å². The Morgan fingerprint density at radius 1 is 1.56 bits per heavy atom. The highest BCUT2D eigenvalue weighted by molar-refractivity contribution is 5.93. The van der Waals surface area contributed by atoms with Crippen molar-refractivity contribution in [1.82, 2.24) is 0 Å². The summed E-state index contributed by atoms with van der Waals surface area (Å²) in [5.41, 5.74) is -0.884. The van der Waals surface area contributed by atoms with Gasteiger partial charge in [0.1, 0.15) is 5.56 Å². The third-order valence-electron chi connectivity index (χ3n) is 2.22. The molecular weight excluding hydrogens is 238 g/mol. The van der Waals surface area contributed by atoms with Crippen LogP contribution in [0.25, 0.3) is 0 Å². The molecule has 0 fully saturated rings. The molecule has 0 spiro atoms. The van der Waals surface area contributed by atoms with Crippen molar-refractivity contribution in [1.29, 1.82) is 0 Å². The van der Waals surface area contributed by atoms with Crippen molar-refractivity contribution in [2.24, 2.45) is 0 Å². The van der Waals surface area contributed by atoms with Crippen LogP contribution in [0.1, 0.15) is 23.2 Å². The van der Waals surface area contributed by atoms with Crippen LogP contribution in [0.15, 0.2) is 30.9 Å². The van der Waals surface area contributed by atoms with Gasteiger partial charge < -0.3 is 9.84 Å². The maximum absolute atomic E-state index is 10.9. The largest absolute Gasteiger partial charge is 0.487 e. The predicted octanol–water partition coefficient (Wildman–Crippen LogP) is 2.64. The van der Waals surface area contributed by atoms with Gasteiger partial charge in [-0.05, 0) is 25.0 Å². The molecule has 6 nitrogen and oxygen atoms in total. The maximum Gasteiger partial charge on any atom is 0.342 e. The third kappa shape index (κ3) is 3.31. The van der Waals surface area contributed by atoms with Gasteiger partial charge in [-0.15, -0.1) is 6.58 Å². The molecule has 0 aliphatic heterocycles. The molecular formula is C12H13NO5. The molecule has 6 heteroatoms. The molecule has 0 heterocycles. The molecule has 1 rings (SSSR count).